The van der Waals surface area contributed by atoms with E-state index in [0.717, 1.165) is 23.8 Å². The summed E-state index contributed by atoms with van der Waals surface area (Å²) in [7, 11) is 3.51. The van der Waals surface area contributed by atoms with Crippen molar-refractivity contribution in [2.75, 3.05) is 26.0 Å². The lowest BCUT2D eigenvalue weighted by molar-refractivity contribution is 0.0941. The molecule has 5 rings (SSSR count). The molecule has 222 valence electrons. The Morgan fingerprint density at radius 3 is 2.67 bits per heavy atom. The van der Waals surface area contributed by atoms with E-state index in [4.69, 9.17) is 4.52 Å². The van der Waals surface area contributed by atoms with Crippen molar-refractivity contribution in [1.82, 2.24) is 35.5 Å². The van der Waals surface area contributed by atoms with Crippen LogP contribution in [0.5, 0.6) is 0 Å². The van der Waals surface area contributed by atoms with Crippen LogP contribution in [0.3, 0.4) is 0 Å². The lowest BCUT2D eigenvalue weighted by Crippen LogP contribution is -2.52. The molecule has 0 bridgehead atoms. The van der Waals surface area contributed by atoms with Gasteiger partial charge in [-0.25, -0.2) is 14.2 Å². The first-order valence-corrected chi connectivity index (χ1v) is 14.0. The van der Waals surface area contributed by atoms with E-state index in [9.17, 15) is 9.59 Å². The minimum Gasteiger partial charge on any atom is -0.364 e. The fraction of sp³-hybridized carbons (Fsp3) is 0.433. The van der Waals surface area contributed by atoms with Gasteiger partial charge in [0.1, 0.15) is 11.6 Å². The van der Waals surface area contributed by atoms with Gasteiger partial charge >= 0.3 is 6.03 Å². The van der Waals surface area contributed by atoms with Gasteiger partial charge in [-0.3, -0.25) is 9.89 Å². The second-order valence-electron chi connectivity index (χ2n) is 12.1. The van der Waals surface area contributed by atoms with Crippen molar-refractivity contribution in [3.8, 4) is 11.1 Å². The first kappa shape index (κ1) is 29.0. The van der Waals surface area contributed by atoms with Gasteiger partial charge in [0, 0.05) is 62.5 Å². The van der Waals surface area contributed by atoms with Gasteiger partial charge in [-0.15, -0.1) is 0 Å². The van der Waals surface area contributed by atoms with E-state index in [0.29, 0.717) is 34.9 Å². The molecule has 1 fully saturated rings. The second-order valence-corrected chi connectivity index (χ2v) is 12.1. The number of piperidine rings is 1. The Morgan fingerprint density at radius 2 is 1.98 bits per heavy atom. The van der Waals surface area contributed by atoms with E-state index in [2.05, 4.69) is 37.9 Å². The molecular weight excluding hydrogens is 539 g/mol. The number of nitrogens with zero attached hydrogens (tertiary/aromatic N) is 5. The van der Waals surface area contributed by atoms with E-state index >= 15 is 4.39 Å². The van der Waals surface area contributed by atoms with Crippen molar-refractivity contribution in [1.29, 1.82) is 0 Å². The molecule has 11 nitrogen and oxygen atoms in total. The van der Waals surface area contributed by atoms with Crippen LogP contribution in [0.4, 0.5) is 15.0 Å². The van der Waals surface area contributed by atoms with Gasteiger partial charge in [0.2, 0.25) is 0 Å². The normalized spacial score (nSPS) is 17.4. The molecule has 2 atom stereocenters. The van der Waals surface area contributed by atoms with Gasteiger partial charge < -0.3 is 25.0 Å². The third-order valence-electron chi connectivity index (χ3n) is 7.60. The number of H-pyrrole nitrogens is 1. The Balaban J connectivity index is 1.33. The summed E-state index contributed by atoms with van der Waals surface area (Å²) in [6.45, 7) is 8.49. The number of nitrogens with one attached hydrogen (secondary N) is 3. The van der Waals surface area contributed by atoms with E-state index in [1.165, 1.54) is 6.07 Å². The Kier molecular flexibility index (Phi) is 7.89. The average molecular weight is 577 g/mol. The minimum atomic E-state index is -0.453. The maximum atomic E-state index is 15.3. The standard InChI is InChI=1S/C30H37FN8O3/c1-17-7-10-20(16-39(17)29(41)38(5)6)34-27-25-21(11-12-32-26(25)35-36-27)18-8-9-19(22(31)13-18)15-33-28(40)23-14-24(42-37-23)30(2,3)4/h8-9,11-14,17,20H,7,10,15-16H2,1-6H3,(H,33,40)(H2,32,34,35,36)/t17-,20+/m0/s1. The summed E-state index contributed by atoms with van der Waals surface area (Å²) in [4.78, 5) is 33.1. The third-order valence-corrected chi connectivity index (χ3v) is 7.60. The van der Waals surface area contributed by atoms with Crippen LogP contribution in [0.15, 0.2) is 41.1 Å². The molecular formula is C30H37FN8O3. The highest BCUT2D eigenvalue weighted by Crippen LogP contribution is 2.33. The molecule has 4 heterocycles. The SMILES string of the molecule is C[C@H]1CC[C@@H](Nc2n[nH]c3nccc(-c4ccc(CNC(=O)c5cc(C(C)(C)C)on5)c(F)c4)c23)CN1C(=O)N(C)C. The summed E-state index contributed by atoms with van der Waals surface area (Å²) in [6, 6.07) is 8.45. The van der Waals surface area contributed by atoms with Crippen molar-refractivity contribution in [2.45, 2.75) is 64.6 Å². The lowest BCUT2D eigenvalue weighted by Gasteiger charge is -2.39. The quantitative estimate of drug-likeness (QED) is 0.297. The summed E-state index contributed by atoms with van der Waals surface area (Å²) < 4.78 is 20.6. The number of fused-ring (bicyclic) bond motifs is 1. The Labute approximate surface area is 243 Å². The minimum absolute atomic E-state index is 0.00317. The number of urea groups is 1. The maximum absolute atomic E-state index is 15.3. The molecule has 0 spiro atoms. The third kappa shape index (κ3) is 5.93. The monoisotopic (exact) mass is 576 g/mol. The zero-order chi connectivity index (χ0) is 30.2. The molecule has 0 aliphatic carbocycles. The van der Waals surface area contributed by atoms with Crippen LogP contribution >= 0.6 is 0 Å². The van der Waals surface area contributed by atoms with Gasteiger partial charge in [0.05, 0.1) is 5.39 Å². The van der Waals surface area contributed by atoms with Crippen LogP contribution in [0.25, 0.3) is 22.2 Å². The van der Waals surface area contributed by atoms with E-state index < -0.39 is 11.7 Å². The molecule has 3 amide bonds. The zero-order valence-electron chi connectivity index (χ0n) is 24.8. The summed E-state index contributed by atoms with van der Waals surface area (Å²) in [5.41, 5.74) is 2.18. The predicted octanol–water partition coefficient (Wildman–Crippen LogP) is 4.93. The molecule has 0 unspecified atom stereocenters. The molecule has 4 aromatic rings. The first-order chi connectivity index (χ1) is 19.9. The molecule has 1 saturated heterocycles. The van der Waals surface area contributed by atoms with Crippen molar-refractivity contribution in [3.05, 3.63) is 59.4 Å². The number of carbonyl (C=O) groups excluding carboxylic acids is 2. The second kappa shape index (κ2) is 11.4. The van der Waals surface area contributed by atoms with Crippen molar-refractivity contribution < 1.29 is 18.5 Å². The van der Waals surface area contributed by atoms with E-state index in [-0.39, 0.29) is 35.8 Å². The number of amides is 3. The average Bonchev–Trinajstić information content (AvgIpc) is 3.61. The summed E-state index contributed by atoms with van der Waals surface area (Å²) in [5.74, 6) is 0.303. The van der Waals surface area contributed by atoms with Crippen LogP contribution in [0.1, 0.15) is 62.3 Å². The number of hydrogen-bond acceptors (Lipinski definition) is 7. The van der Waals surface area contributed by atoms with Gasteiger partial charge in [0.25, 0.3) is 5.91 Å². The fourth-order valence-corrected chi connectivity index (χ4v) is 5.10. The van der Waals surface area contributed by atoms with Gasteiger partial charge in [-0.05, 0) is 43.0 Å². The number of aromatic nitrogens is 4. The topological polar surface area (TPSA) is 132 Å². The molecule has 1 aliphatic rings. The molecule has 0 radical (unpaired) electrons. The van der Waals surface area contributed by atoms with E-state index in [1.807, 2.05) is 37.8 Å². The molecule has 0 saturated carbocycles. The number of rotatable bonds is 6. The zero-order valence-corrected chi connectivity index (χ0v) is 24.8. The van der Waals surface area contributed by atoms with Crippen LogP contribution in [0.2, 0.25) is 0 Å². The summed E-state index contributed by atoms with van der Waals surface area (Å²) in [5, 5.41) is 18.2. The Bertz CT molecular complexity index is 1610. The largest absolute Gasteiger partial charge is 0.364 e. The fourth-order valence-electron chi connectivity index (χ4n) is 5.10. The number of aromatic amines is 1. The number of halogens is 1. The molecule has 1 aromatic carbocycles. The highest BCUT2D eigenvalue weighted by atomic mass is 19.1. The van der Waals surface area contributed by atoms with Gasteiger partial charge in [-0.1, -0.05) is 38.1 Å². The van der Waals surface area contributed by atoms with Gasteiger partial charge in [0.15, 0.2) is 17.2 Å². The number of pyridine rings is 1. The van der Waals surface area contributed by atoms with Crippen molar-refractivity contribution in [2.24, 2.45) is 0 Å². The highest BCUT2D eigenvalue weighted by molar-refractivity contribution is 6.00. The predicted molar refractivity (Wildman–Crippen MR) is 158 cm³/mol. The molecule has 3 aromatic heterocycles. The number of hydrogen-bond donors (Lipinski definition) is 3. The molecule has 12 heteroatoms. The van der Waals surface area contributed by atoms with Gasteiger partial charge in [-0.2, -0.15) is 5.10 Å². The van der Waals surface area contributed by atoms with Crippen LogP contribution in [0, 0.1) is 5.82 Å². The maximum Gasteiger partial charge on any atom is 0.319 e. The molecule has 3 N–H and O–H groups in total. The first-order valence-electron chi connectivity index (χ1n) is 14.0. The number of benzene rings is 1. The number of likely N-dealkylation sites (tertiary alicyclic amines) is 1. The van der Waals surface area contributed by atoms with E-state index in [1.54, 1.807) is 37.3 Å². The number of anilines is 1. The Morgan fingerprint density at radius 1 is 1.19 bits per heavy atom. The smallest absolute Gasteiger partial charge is 0.319 e. The lowest BCUT2D eigenvalue weighted by atomic mass is 9.93. The molecule has 1 aliphatic heterocycles. The summed E-state index contributed by atoms with van der Waals surface area (Å²) >= 11 is 0. The Hall–Kier alpha value is -4.48. The van der Waals surface area contributed by atoms with Crippen LogP contribution in [-0.2, 0) is 12.0 Å². The van der Waals surface area contributed by atoms with Crippen LogP contribution < -0.4 is 10.6 Å². The van der Waals surface area contributed by atoms with Crippen molar-refractivity contribution in [3.63, 3.8) is 0 Å². The van der Waals surface area contributed by atoms with Crippen molar-refractivity contribution >= 4 is 28.8 Å². The highest BCUT2D eigenvalue weighted by Gasteiger charge is 2.31. The number of carbonyl (C=O) groups is 2. The van der Waals surface area contributed by atoms with Crippen LogP contribution in [-0.4, -0.2) is 74.8 Å². The molecule has 42 heavy (non-hydrogen) atoms. The summed E-state index contributed by atoms with van der Waals surface area (Å²) in [6.07, 6.45) is 3.39.